The zero-order valence-corrected chi connectivity index (χ0v) is 16.8. The number of nitrogens with zero attached hydrogens (tertiary/aromatic N) is 2. The van der Waals surface area contributed by atoms with Gasteiger partial charge in [0.2, 0.25) is 0 Å². The van der Waals surface area contributed by atoms with Gasteiger partial charge in [0.1, 0.15) is 11.8 Å². The first-order valence-electron chi connectivity index (χ1n) is 8.82. The van der Waals surface area contributed by atoms with Crippen LogP contribution in [0.5, 0.6) is 0 Å². The van der Waals surface area contributed by atoms with E-state index in [9.17, 15) is 4.79 Å². The van der Waals surface area contributed by atoms with Gasteiger partial charge in [0.15, 0.2) is 0 Å². The van der Waals surface area contributed by atoms with Gasteiger partial charge in [-0.1, -0.05) is 28.1 Å². The second-order valence-corrected chi connectivity index (χ2v) is 8.71. The van der Waals surface area contributed by atoms with Crippen LogP contribution in [0.25, 0.3) is 0 Å². The molecule has 0 bridgehead atoms. The number of carbonyl (C=O) groups is 1. The van der Waals surface area contributed by atoms with Gasteiger partial charge in [0.05, 0.1) is 11.8 Å². The maximum absolute atomic E-state index is 12.6. The van der Waals surface area contributed by atoms with Crippen molar-refractivity contribution in [1.29, 1.82) is 0 Å². The number of carbonyl (C=O) groups excluding carboxylic acids is 1. The number of nitrogens with one attached hydrogen (secondary N) is 1. The van der Waals surface area contributed by atoms with Crippen molar-refractivity contribution in [3.05, 3.63) is 34.3 Å². The number of hydrogen-bond donors (Lipinski definition) is 1. The quantitative estimate of drug-likeness (QED) is 0.806. The van der Waals surface area contributed by atoms with Gasteiger partial charge in [0.25, 0.3) is 0 Å². The van der Waals surface area contributed by atoms with E-state index in [1.165, 1.54) is 0 Å². The maximum atomic E-state index is 12.6. The molecule has 2 aliphatic heterocycles. The van der Waals surface area contributed by atoms with Crippen LogP contribution < -0.4 is 5.32 Å². The number of rotatable bonds is 2. The van der Waals surface area contributed by atoms with Crippen LogP contribution in [0, 0.1) is 0 Å². The highest BCUT2D eigenvalue weighted by Gasteiger charge is 2.42. The molecule has 1 fully saturated rings. The van der Waals surface area contributed by atoms with Crippen molar-refractivity contribution in [1.82, 2.24) is 10.2 Å². The average molecular weight is 408 g/mol. The topological polar surface area (TPSA) is 53.9 Å². The molecule has 5 nitrogen and oxygen atoms in total. The van der Waals surface area contributed by atoms with Crippen LogP contribution in [0.4, 0.5) is 4.79 Å². The normalized spacial score (nSPS) is 26.7. The van der Waals surface area contributed by atoms with Gasteiger partial charge in [0, 0.05) is 17.1 Å². The molecule has 0 spiro atoms. The molecule has 1 saturated heterocycles. The Morgan fingerprint density at radius 2 is 1.96 bits per heavy atom. The van der Waals surface area contributed by atoms with Crippen molar-refractivity contribution < 1.29 is 9.53 Å². The monoisotopic (exact) mass is 407 g/mol. The molecule has 136 valence electrons. The van der Waals surface area contributed by atoms with Crippen LogP contribution in [0.1, 0.15) is 46.1 Å². The lowest BCUT2D eigenvalue weighted by Gasteiger charge is -2.33. The Morgan fingerprint density at radius 1 is 1.28 bits per heavy atom. The van der Waals surface area contributed by atoms with Crippen LogP contribution in [0.3, 0.4) is 0 Å². The number of halogens is 1. The molecule has 1 aromatic rings. The summed E-state index contributed by atoms with van der Waals surface area (Å²) in [5, 5.41) is 3.47. The van der Waals surface area contributed by atoms with Gasteiger partial charge < -0.3 is 4.74 Å². The van der Waals surface area contributed by atoms with Crippen molar-refractivity contribution >= 4 is 27.7 Å². The highest BCUT2D eigenvalue weighted by Crippen LogP contribution is 2.30. The summed E-state index contributed by atoms with van der Waals surface area (Å²) in [4.78, 5) is 19.4. The predicted molar refractivity (Wildman–Crippen MR) is 103 cm³/mol. The molecule has 3 rings (SSSR count). The lowest BCUT2D eigenvalue weighted by atomic mass is 10.1. The molecule has 0 radical (unpaired) electrons. The first-order valence-corrected chi connectivity index (χ1v) is 9.61. The van der Waals surface area contributed by atoms with Crippen molar-refractivity contribution in [2.24, 2.45) is 4.99 Å². The highest BCUT2D eigenvalue weighted by atomic mass is 79.9. The van der Waals surface area contributed by atoms with E-state index in [-0.39, 0.29) is 24.3 Å². The summed E-state index contributed by atoms with van der Waals surface area (Å²) < 4.78 is 6.67. The molecular formula is C19H26BrN3O2. The molecule has 0 saturated carbocycles. The van der Waals surface area contributed by atoms with E-state index in [1.54, 1.807) is 0 Å². The maximum Gasteiger partial charge on any atom is 0.410 e. The summed E-state index contributed by atoms with van der Waals surface area (Å²) in [7, 11) is 0. The summed E-state index contributed by atoms with van der Waals surface area (Å²) in [6.07, 6.45) is 1.60. The first-order chi connectivity index (χ1) is 11.7. The minimum absolute atomic E-state index is 0.0396. The van der Waals surface area contributed by atoms with E-state index >= 15 is 0 Å². The molecule has 3 atom stereocenters. The van der Waals surface area contributed by atoms with Crippen LogP contribution in [0.2, 0.25) is 0 Å². The minimum Gasteiger partial charge on any atom is -0.444 e. The standard InChI is InChI=1S/C19H26BrN3O2/c1-12-5-10-16(23(12)18(24)25-19(2,3)4)17-21-11-15(22-17)13-6-8-14(20)9-7-13/h6-9,12,16-17,21H,5,10-11H2,1-4H3. The SMILES string of the molecule is CC1CCC(C2N=C(c3ccc(Br)cc3)CN2)N1C(=O)OC(C)(C)C. The van der Waals surface area contributed by atoms with Crippen molar-refractivity contribution in [3.63, 3.8) is 0 Å². The third kappa shape index (κ3) is 4.23. The van der Waals surface area contributed by atoms with E-state index < -0.39 is 5.60 Å². The van der Waals surface area contributed by atoms with Crippen LogP contribution in [0.15, 0.2) is 33.7 Å². The molecule has 1 N–H and O–H groups in total. The van der Waals surface area contributed by atoms with Crippen molar-refractivity contribution in [2.75, 3.05) is 6.54 Å². The number of likely N-dealkylation sites (tertiary alicyclic amines) is 1. The molecule has 2 aliphatic rings. The van der Waals surface area contributed by atoms with Gasteiger partial charge in [-0.3, -0.25) is 15.2 Å². The smallest absolute Gasteiger partial charge is 0.410 e. The Balaban J connectivity index is 1.76. The molecule has 0 aliphatic carbocycles. The van der Waals surface area contributed by atoms with E-state index in [4.69, 9.17) is 9.73 Å². The molecule has 1 amide bonds. The number of benzene rings is 1. The zero-order valence-electron chi connectivity index (χ0n) is 15.3. The van der Waals surface area contributed by atoms with Gasteiger partial charge >= 0.3 is 6.09 Å². The van der Waals surface area contributed by atoms with Gasteiger partial charge in [-0.15, -0.1) is 0 Å². The minimum atomic E-state index is -0.487. The predicted octanol–water partition coefficient (Wildman–Crippen LogP) is 3.96. The fourth-order valence-corrected chi connectivity index (χ4v) is 3.72. The summed E-state index contributed by atoms with van der Waals surface area (Å²) >= 11 is 3.46. The molecule has 6 heteroatoms. The van der Waals surface area contributed by atoms with Crippen molar-refractivity contribution in [2.45, 2.75) is 64.4 Å². The molecule has 0 aromatic heterocycles. The summed E-state index contributed by atoms with van der Waals surface area (Å²) in [6.45, 7) is 8.51. The van der Waals surface area contributed by atoms with E-state index in [1.807, 2.05) is 37.8 Å². The Bertz CT molecular complexity index is 666. The molecule has 1 aromatic carbocycles. The first kappa shape index (κ1) is 18.4. The third-order valence-corrected chi connectivity index (χ3v) is 5.16. The average Bonchev–Trinajstić information content (AvgIpc) is 3.12. The number of hydrogen-bond acceptors (Lipinski definition) is 4. The summed E-state index contributed by atoms with van der Waals surface area (Å²) in [5.74, 6) is 0. The molecule has 2 heterocycles. The Hall–Kier alpha value is -1.40. The Morgan fingerprint density at radius 3 is 2.60 bits per heavy atom. The fraction of sp³-hybridized carbons (Fsp3) is 0.579. The largest absolute Gasteiger partial charge is 0.444 e. The van der Waals surface area contributed by atoms with Gasteiger partial charge in [-0.2, -0.15) is 0 Å². The lowest BCUT2D eigenvalue weighted by molar-refractivity contribution is 0.0133. The summed E-state index contributed by atoms with van der Waals surface area (Å²) in [5.41, 5.74) is 1.67. The number of aliphatic imine (C=N–C) groups is 1. The lowest BCUT2D eigenvalue weighted by Crippen LogP contribution is -2.50. The van der Waals surface area contributed by atoms with E-state index in [2.05, 4.69) is 40.3 Å². The molecule has 3 unspecified atom stereocenters. The van der Waals surface area contributed by atoms with Crippen LogP contribution in [-0.4, -0.2) is 47.1 Å². The number of amides is 1. The van der Waals surface area contributed by atoms with Gasteiger partial charge in [-0.05, 0) is 58.2 Å². The second-order valence-electron chi connectivity index (χ2n) is 7.79. The van der Waals surface area contributed by atoms with E-state index in [0.717, 1.165) is 35.1 Å². The summed E-state index contributed by atoms with van der Waals surface area (Å²) in [6, 6.07) is 8.39. The highest BCUT2D eigenvalue weighted by molar-refractivity contribution is 9.10. The zero-order chi connectivity index (χ0) is 18.2. The second kappa shape index (κ2) is 7.08. The number of ether oxygens (including phenoxy) is 1. The Labute approximate surface area is 158 Å². The van der Waals surface area contributed by atoms with Crippen LogP contribution >= 0.6 is 15.9 Å². The van der Waals surface area contributed by atoms with E-state index in [0.29, 0.717) is 0 Å². The third-order valence-electron chi connectivity index (χ3n) is 4.63. The fourth-order valence-electron chi connectivity index (χ4n) is 3.46. The van der Waals surface area contributed by atoms with Crippen LogP contribution in [-0.2, 0) is 4.74 Å². The Kier molecular flexibility index (Phi) is 5.21. The molecule has 25 heavy (non-hydrogen) atoms. The molecular weight excluding hydrogens is 382 g/mol. The van der Waals surface area contributed by atoms with Gasteiger partial charge in [-0.25, -0.2) is 4.79 Å². The van der Waals surface area contributed by atoms with Crippen molar-refractivity contribution in [3.8, 4) is 0 Å².